The first kappa shape index (κ1) is 25.1. The number of aliphatic hydroxyl groups is 1. The van der Waals surface area contributed by atoms with Crippen molar-refractivity contribution in [2.75, 3.05) is 11.5 Å². The first-order valence-corrected chi connectivity index (χ1v) is 13.6. The molecule has 2 aliphatic heterocycles. The SMILES string of the molecule is CCCOc1ccc([C@H]2C(=C(O)c3ccc4c(c3)C[C@@H](C)O4)C(=O)C(=O)N2c2nc3ccc(F)cc3s2)cc1. The average molecular weight is 545 g/mol. The molecule has 39 heavy (non-hydrogen) atoms. The van der Waals surface area contributed by atoms with Crippen LogP contribution in [0.3, 0.4) is 0 Å². The zero-order valence-electron chi connectivity index (χ0n) is 21.3. The number of anilines is 1. The van der Waals surface area contributed by atoms with E-state index in [2.05, 4.69) is 4.98 Å². The van der Waals surface area contributed by atoms with Crippen molar-refractivity contribution in [3.63, 3.8) is 0 Å². The molecule has 7 nitrogen and oxygen atoms in total. The number of aromatic nitrogens is 1. The number of ether oxygens (including phenoxy) is 2. The molecule has 0 unspecified atom stereocenters. The van der Waals surface area contributed by atoms with Crippen LogP contribution in [0.4, 0.5) is 9.52 Å². The van der Waals surface area contributed by atoms with Gasteiger partial charge in [0.2, 0.25) is 0 Å². The van der Waals surface area contributed by atoms with Gasteiger partial charge in [-0.2, -0.15) is 0 Å². The van der Waals surface area contributed by atoms with Gasteiger partial charge in [0, 0.05) is 12.0 Å². The van der Waals surface area contributed by atoms with Gasteiger partial charge in [0.15, 0.2) is 5.13 Å². The van der Waals surface area contributed by atoms with Gasteiger partial charge in [-0.3, -0.25) is 14.5 Å². The molecular weight excluding hydrogens is 519 g/mol. The number of thiazole rings is 1. The zero-order valence-corrected chi connectivity index (χ0v) is 22.1. The van der Waals surface area contributed by atoms with E-state index in [-0.39, 0.29) is 22.6 Å². The van der Waals surface area contributed by atoms with Crippen LogP contribution in [0.15, 0.2) is 66.2 Å². The number of carbonyl (C=O) groups is 2. The highest BCUT2D eigenvalue weighted by atomic mass is 32.1. The van der Waals surface area contributed by atoms with Crippen molar-refractivity contribution < 1.29 is 28.6 Å². The molecule has 1 saturated heterocycles. The summed E-state index contributed by atoms with van der Waals surface area (Å²) in [4.78, 5) is 32.8. The molecule has 9 heteroatoms. The van der Waals surface area contributed by atoms with Crippen LogP contribution in [-0.4, -0.2) is 34.5 Å². The van der Waals surface area contributed by atoms with Crippen LogP contribution >= 0.6 is 11.3 Å². The van der Waals surface area contributed by atoms with E-state index in [1.54, 1.807) is 42.5 Å². The van der Waals surface area contributed by atoms with Gasteiger partial charge in [-0.15, -0.1) is 0 Å². The number of ketones is 1. The molecule has 6 rings (SSSR count). The van der Waals surface area contributed by atoms with E-state index < -0.39 is 23.5 Å². The van der Waals surface area contributed by atoms with Gasteiger partial charge in [0.05, 0.1) is 28.4 Å². The molecule has 3 aromatic carbocycles. The predicted octanol–water partition coefficient (Wildman–Crippen LogP) is 6.17. The maximum absolute atomic E-state index is 13.9. The number of Topliss-reactive ketones (excluding diaryl/α,β-unsaturated/α-hetero) is 1. The number of halogens is 1. The third-order valence-electron chi connectivity index (χ3n) is 6.83. The highest BCUT2D eigenvalue weighted by Gasteiger charge is 2.48. The fourth-order valence-corrected chi connectivity index (χ4v) is 6.04. The number of benzene rings is 3. The molecule has 1 amide bonds. The number of hydrogen-bond donors (Lipinski definition) is 1. The molecule has 0 aliphatic carbocycles. The number of aliphatic hydroxyl groups excluding tert-OH is 1. The Morgan fingerprint density at radius 1 is 1.15 bits per heavy atom. The minimum Gasteiger partial charge on any atom is -0.507 e. The van der Waals surface area contributed by atoms with E-state index in [1.165, 1.54) is 23.1 Å². The van der Waals surface area contributed by atoms with Crippen LogP contribution < -0.4 is 14.4 Å². The molecule has 1 fully saturated rings. The Kier molecular flexibility index (Phi) is 6.31. The van der Waals surface area contributed by atoms with Gasteiger partial charge in [-0.05, 0) is 73.0 Å². The maximum atomic E-state index is 13.9. The van der Waals surface area contributed by atoms with E-state index in [9.17, 15) is 19.1 Å². The molecule has 0 radical (unpaired) electrons. The second kappa shape index (κ2) is 9.81. The third-order valence-corrected chi connectivity index (χ3v) is 7.85. The Morgan fingerprint density at radius 2 is 1.95 bits per heavy atom. The minimum absolute atomic E-state index is 0.0142. The number of rotatable bonds is 6. The zero-order chi connectivity index (χ0) is 27.3. The molecule has 1 N–H and O–H groups in total. The summed E-state index contributed by atoms with van der Waals surface area (Å²) in [5.74, 6) is -0.943. The number of nitrogens with zero attached hydrogens (tertiary/aromatic N) is 2. The summed E-state index contributed by atoms with van der Waals surface area (Å²) in [7, 11) is 0. The lowest BCUT2D eigenvalue weighted by atomic mass is 9.94. The van der Waals surface area contributed by atoms with E-state index in [4.69, 9.17) is 9.47 Å². The van der Waals surface area contributed by atoms with Crippen molar-refractivity contribution in [1.82, 2.24) is 4.98 Å². The average Bonchev–Trinajstić information content (AvgIpc) is 3.59. The van der Waals surface area contributed by atoms with Crippen molar-refractivity contribution in [3.05, 3.63) is 88.7 Å². The molecule has 2 aliphatic rings. The molecule has 0 saturated carbocycles. The third kappa shape index (κ3) is 4.42. The molecule has 198 valence electrons. The van der Waals surface area contributed by atoms with E-state index >= 15 is 0 Å². The Bertz CT molecular complexity index is 1650. The number of amides is 1. The number of fused-ring (bicyclic) bond motifs is 2. The molecule has 1 aromatic heterocycles. The lowest BCUT2D eigenvalue weighted by molar-refractivity contribution is -0.132. The summed E-state index contributed by atoms with van der Waals surface area (Å²) in [6.45, 7) is 4.53. The quantitative estimate of drug-likeness (QED) is 0.177. The largest absolute Gasteiger partial charge is 0.507 e. The van der Waals surface area contributed by atoms with Crippen LogP contribution in [0.1, 0.15) is 43.0 Å². The fraction of sp³-hybridized carbons (Fsp3) is 0.233. The highest BCUT2D eigenvalue weighted by Crippen LogP contribution is 2.45. The fourth-order valence-electron chi connectivity index (χ4n) is 5.03. The van der Waals surface area contributed by atoms with E-state index in [0.717, 1.165) is 29.1 Å². The minimum atomic E-state index is -0.945. The lowest BCUT2D eigenvalue weighted by Crippen LogP contribution is -2.29. The smallest absolute Gasteiger partial charge is 0.301 e. The van der Waals surface area contributed by atoms with E-state index in [1.807, 2.05) is 13.8 Å². The van der Waals surface area contributed by atoms with Crippen molar-refractivity contribution >= 4 is 44.1 Å². The molecule has 2 atom stereocenters. The lowest BCUT2D eigenvalue weighted by Gasteiger charge is -2.23. The highest BCUT2D eigenvalue weighted by molar-refractivity contribution is 7.22. The van der Waals surface area contributed by atoms with Gasteiger partial charge in [0.1, 0.15) is 29.2 Å². The van der Waals surface area contributed by atoms with Crippen LogP contribution in [0.2, 0.25) is 0 Å². The number of hydrogen-bond acceptors (Lipinski definition) is 7. The summed E-state index contributed by atoms with van der Waals surface area (Å²) >= 11 is 1.11. The first-order valence-electron chi connectivity index (χ1n) is 12.7. The van der Waals surface area contributed by atoms with Gasteiger partial charge < -0.3 is 14.6 Å². The summed E-state index contributed by atoms with van der Waals surface area (Å²) in [5.41, 5.74) is 2.41. The van der Waals surface area contributed by atoms with Crippen LogP contribution in [-0.2, 0) is 16.0 Å². The summed E-state index contributed by atoms with van der Waals surface area (Å²) in [5, 5.41) is 11.7. The molecule has 0 spiro atoms. The van der Waals surface area contributed by atoms with Crippen molar-refractivity contribution in [3.8, 4) is 11.5 Å². The van der Waals surface area contributed by atoms with Crippen LogP contribution in [0.5, 0.6) is 11.5 Å². The summed E-state index contributed by atoms with van der Waals surface area (Å²) < 4.78 is 25.9. The van der Waals surface area contributed by atoms with Crippen LogP contribution in [0, 0.1) is 5.82 Å². The first-order chi connectivity index (χ1) is 18.8. The maximum Gasteiger partial charge on any atom is 0.301 e. The molecular formula is C30H25FN2O5S. The van der Waals surface area contributed by atoms with E-state index in [0.29, 0.717) is 40.1 Å². The second-order valence-corrected chi connectivity index (χ2v) is 10.7. The van der Waals surface area contributed by atoms with Gasteiger partial charge in [-0.1, -0.05) is 30.4 Å². The Balaban J connectivity index is 1.49. The Labute approximate surface area is 228 Å². The molecule has 3 heterocycles. The summed E-state index contributed by atoms with van der Waals surface area (Å²) in [6, 6.07) is 15.5. The molecule has 0 bridgehead atoms. The standard InChI is InChI=1S/C30H25FN2O5S/c1-3-12-37-21-8-4-17(5-9-21)26-25(27(34)18-6-11-23-19(14-18)13-16(2)38-23)28(35)29(36)33(26)30-32-22-10-7-20(31)15-24(22)39-30/h4-11,14-16,26,34H,3,12-13H2,1-2H3/t16-,26+/m1/s1. The summed E-state index contributed by atoms with van der Waals surface area (Å²) in [6.07, 6.45) is 1.54. The Hall–Kier alpha value is -4.24. The Morgan fingerprint density at radius 3 is 2.72 bits per heavy atom. The van der Waals surface area contributed by atoms with Crippen molar-refractivity contribution in [1.29, 1.82) is 0 Å². The predicted molar refractivity (Wildman–Crippen MR) is 147 cm³/mol. The number of carbonyl (C=O) groups excluding carboxylic acids is 2. The normalized spacial score (nSPS) is 19.9. The van der Waals surface area contributed by atoms with Gasteiger partial charge in [-0.25, -0.2) is 9.37 Å². The van der Waals surface area contributed by atoms with Crippen molar-refractivity contribution in [2.24, 2.45) is 0 Å². The topological polar surface area (TPSA) is 89.0 Å². The van der Waals surface area contributed by atoms with Gasteiger partial charge >= 0.3 is 5.91 Å². The van der Waals surface area contributed by atoms with Crippen molar-refractivity contribution in [2.45, 2.75) is 38.8 Å². The molecule has 4 aromatic rings. The van der Waals surface area contributed by atoms with Crippen LogP contribution in [0.25, 0.3) is 16.0 Å². The monoisotopic (exact) mass is 544 g/mol. The second-order valence-electron chi connectivity index (χ2n) is 9.65. The van der Waals surface area contributed by atoms with Gasteiger partial charge in [0.25, 0.3) is 5.78 Å².